The van der Waals surface area contributed by atoms with Gasteiger partial charge in [-0.25, -0.2) is 13.6 Å². The van der Waals surface area contributed by atoms with E-state index in [0.29, 0.717) is 6.07 Å². The lowest BCUT2D eigenvalue weighted by molar-refractivity contribution is 0.0697. The van der Waals surface area contributed by atoms with Gasteiger partial charge in [0.05, 0.1) is 11.1 Å². The average molecular weight is 262 g/mol. The summed E-state index contributed by atoms with van der Waals surface area (Å²) in [4.78, 5) is 22.8. The van der Waals surface area contributed by atoms with E-state index in [0.717, 1.165) is 18.2 Å². The molecule has 19 heavy (non-hydrogen) atoms. The first-order valence-corrected chi connectivity index (χ1v) is 5.32. The fraction of sp³-hybridized carbons (Fsp3) is 0. The Labute approximate surface area is 107 Å². The Hall–Kier alpha value is -2.56. The second-order valence-electron chi connectivity index (χ2n) is 3.84. The average Bonchev–Trinajstić information content (AvgIpc) is 2.38. The number of halogens is 2. The van der Waals surface area contributed by atoms with Crippen LogP contribution in [-0.4, -0.2) is 16.9 Å². The largest absolute Gasteiger partial charge is 0.478 e. The zero-order chi connectivity index (χ0) is 14.0. The maximum atomic E-state index is 13.5. The standard InChI is InChI=1S/C14H8F2O3/c15-10-4-5-11(12(16)7-10)13(17)8-2-1-3-9(6-8)14(18)19/h1-7H,(H,18,19). The Bertz CT molecular complexity index is 665. The van der Waals surface area contributed by atoms with Crippen LogP contribution < -0.4 is 0 Å². The molecule has 0 aliphatic heterocycles. The molecule has 0 aromatic heterocycles. The molecule has 0 unspecified atom stereocenters. The minimum absolute atomic E-state index is 0.0328. The number of ketones is 1. The van der Waals surface area contributed by atoms with Gasteiger partial charge >= 0.3 is 5.97 Å². The predicted octanol–water partition coefficient (Wildman–Crippen LogP) is 2.89. The first kappa shape index (κ1) is 12.9. The van der Waals surface area contributed by atoms with Crippen molar-refractivity contribution in [1.29, 1.82) is 0 Å². The Morgan fingerprint density at radius 3 is 2.26 bits per heavy atom. The van der Waals surface area contributed by atoms with Gasteiger partial charge in [-0.2, -0.15) is 0 Å². The quantitative estimate of drug-likeness (QED) is 0.865. The van der Waals surface area contributed by atoms with Crippen LogP contribution in [0.2, 0.25) is 0 Å². The number of hydrogen-bond acceptors (Lipinski definition) is 2. The van der Waals surface area contributed by atoms with Crippen LogP contribution in [0.3, 0.4) is 0 Å². The summed E-state index contributed by atoms with van der Waals surface area (Å²) >= 11 is 0. The molecule has 0 aliphatic rings. The molecule has 0 fully saturated rings. The second-order valence-corrected chi connectivity index (χ2v) is 3.84. The van der Waals surface area contributed by atoms with E-state index in [1.807, 2.05) is 0 Å². The van der Waals surface area contributed by atoms with Gasteiger partial charge in [-0.1, -0.05) is 12.1 Å². The van der Waals surface area contributed by atoms with Gasteiger partial charge in [0.2, 0.25) is 0 Å². The molecule has 96 valence electrons. The van der Waals surface area contributed by atoms with E-state index in [1.165, 1.54) is 18.2 Å². The maximum Gasteiger partial charge on any atom is 0.335 e. The van der Waals surface area contributed by atoms with E-state index in [4.69, 9.17) is 5.11 Å². The first-order valence-electron chi connectivity index (χ1n) is 5.32. The van der Waals surface area contributed by atoms with Crippen molar-refractivity contribution in [3.8, 4) is 0 Å². The van der Waals surface area contributed by atoms with Gasteiger partial charge in [-0.15, -0.1) is 0 Å². The van der Waals surface area contributed by atoms with E-state index in [2.05, 4.69) is 0 Å². The molecule has 2 aromatic rings. The van der Waals surface area contributed by atoms with Crippen molar-refractivity contribution in [2.75, 3.05) is 0 Å². The van der Waals surface area contributed by atoms with E-state index >= 15 is 0 Å². The van der Waals surface area contributed by atoms with Crippen molar-refractivity contribution in [2.45, 2.75) is 0 Å². The predicted molar refractivity (Wildman–Crippen MR) is 63.2 cm³/mol. The van der Waals surface area contributed by atoms with Gasteiger partial charge in [0, 0.05) is 11.6 Å². The number of benzene rings is 2. The highest BCUT2D eigenvalue weighted by Gasteiger charge is 2.16. The lowest BCUT2D eigenvalue weighted by Crippen LogP contribution is -2.06. The van der Waals surface area contributed by atoms with Crippen LogP contribution in [0.4, 0.5) is 8.78 Å². The van der Waals surface area contributed by atoms with Gasteiger partial charge in [0.25, 0.3) is 0 Å². The van der Waals surface area contributed by atoms with Gasteiger partial charge in [-0.3, -0.25) is 4.79 Å². The maximum absolute atomic E-state index is 13.5. The molecule has 1 N–H and O–H groups in total. The summed E-state index contributed by atoms with van der Waals surface area (Å²) in [6, 6.07) is 7.83. The molecule has 0 aliphatic carbocycles. The van der Waals surface area contributed by atoms with Crippen molar-refractivity contribution >= 4 is 11.8 Å². The van der Waals surface area contributed by atoms with Crippen molar-refractivity contribution < 1.29 is 23.5 Å². The van der Waals surface area contributed by atoms with Crippen molar-refractivity contribution in [3.05, 3.63) is 70.8 Å². The highest BCUT2D eigenvalue weighted by Crippen LogP contribution is 2.16. The summed E-state index contributed by atoms with van der Waals surface area (Å²) in [5.41, 5.74) is -0.345. The minimum atomic E-state index is -1.19. The molecule has 2 rings (SSSR count). The van der Waals surface area contributed by atoms with Crippen LogP contribution in [-0.2, 0) is 0 Å². The fourth-order valence-electron chi connectivity index (χ4n) is 1.62. The molecular weight excluding hydrogens is 254 g/mol. The van der Waals surface area contributed by atoms with Crippen molar-refractivity contribution in [1.82, 2.24) is 0 Å². The third kappa shape index (κ3) is 2.65. The van der Waals surface area contributed by atoms with Crippen LogP contribution in [0, 0.1) is 11.6 Å². The highest BCUT2D eigenvalue weighted by atomic mass is 19.1. The molecule has 5 heteroatoms. The van der Waals surface area contributed by atoms with Crippen LogP contribution in [0.1, 0.15) is 26.3 Å². The van der Waals surface area contributed by atoms with Gasteiger partial charge in [0.1, 0.15) is 11.6 Å². The Kier molecular flexibility index (Phi) is 3.37. The number of hydrogen-bond donors (Lipinski definition) is 1. The normalized spacial score (nSPS) is 10.2. The number of carbonyl (C=O) groups excluding carboxylic acids is 1. The molecule has 3 nitrogen and oxygen atoms in total. The summed E-state index contributed by atoms with van der Waals surface area (Å²) in [5.74, 6) is -3.64. The summed E-state index contributed by atoms with van der Waals surface area (Å²) in [5, 5.41) is 8.82. The highest BCUT2D eigenvalue weighted by molar-refractivity contribution is 6.10. The van der Waals surface area contributed by atoms with Crippen LogP contribution >= 0.6 is 0 Å². The molecule has 0 atom stereocenters. The Morgan fingerprint density at radius 1 is 0.947 bits per heavy atom. The molecule has 0 saturated carbocycles. The van der Waals surface area contributed by atoms with Crippen molar-refractivity contribution in [3.63, 3.8) is 0 Å². The number of carboxylic acid groups (broad SMARTS) is 1. The topological polar surface area (TPSA) is 54.4 Å². The van der Waals surface area contributed by atoms with Crippen LogP contribution in [0.15, 0.2) is 42.5 Å². The minimum Gasteiger partial charge on any atom is -0.478 e. The van der Waals surface area contributed by atoms with Crippen LogP contribution in [0.25, 0.3) is 0 Å². The second kappa shape index (κ2) is 4.97. The fourth-order valence-corrected chi connectivity index (χ4v) is 1.62. The van der Waals surface area contributed by atoms with Gasteiger partial charge in [-0.05, 0) is 24.3 Å². The van der Waals surface area contributed by atoms with Crippen LogP contribution in [0.5, 0.6) is 0 Å². The van der Waals surface area contributed by atoms with Gasteiger partial charge < -0.3 is 5.11 Å². The molecular formula is C14H8F2O3. The summed E-state index contributed by atoms with van der Waals surface area (Å²) in [7, 11) is 0. The molecule has 0 spiro atoms. The molecule has 0 saturated heterocycles. The van der Waals surface area contributed by atoms with E-state index < -0.39 is 23.4 Å². The SMILES string of the molecule is O=C(O)c1cccc(C(=O)c2ccc(F)cc2F)c1. The molecule has 0 amide bonds. The van der Waals surface area contributed by atoms with Gasteiger partial charge in [0.15, 0.2) is 5.78 Å². The Morgan fingerprint density at radius 2 is 1.63 bits per heavy atom. The Balaban J connectivity index is 2.44. The monoisotopic (exact) mass is 262 g/mol. The number of carbonyl (C=O) groups is 2. The lowest BCUT2D eigenvalue weighted by atomic mass is 10.0. The smallest absolute Gasteiger partial charge is 0.335 e. The zero-order valence-corrected chi connectivity index (χ0v) is 9.56. The first-order chi connectivity index (χ1) is 8.99. The molecule has 0 heterocycles. The van der Waals surface area contributed by atoms with E-state index in [9.17, 15) is 18.4 Å². The molecule has 0 radical (unpaired) electrons. The molecule has 0 bridgehead atoms. The zero-order valence-electron chi connectivity index (χ0n) is 9.56. The number of aromatic carboxylic acids is 1. The molecule has 2 aromatic carbocycles. The third-order valence-electron chi connectivity index (χ3n) is 2.55. The number of carboxylic acids is 1. The van der Waals surface area contributed by atoms with E-state index in [1.54, 1.807) is 0 Å². The summed E-state index contributed by atoms with van der Waals surface area (Å²) < 4.78 is 26.2. The third-order valence-corrected chi connectivity index (χ3v) is 2.55. The summed E-state index contributed by atoms with van der Waals surface area (Å²) in [6.45, 7) is 0. The number of rotatable bonds is 3. The van der Waals surface area contributed by atoms with E-state index in [-0.39, 0.29) is 16.7 Å². The lowest BCUT2D eigenvalue weighted by Gasteiger charge is -2.04. The van der Waals surface area contributed by atoms with Crippen molar-refractivity contribution in [2.24, 2.45) is 0 Å². The summed E-state index contributed by atoms with van der Waals surface area (Å²) in [6.07, 6.45) is 0.